The number of hydrogen-bond donors (Lipinski definition) is 0. The van der Waals surface area contributed by atoms with E-state index >= 15 is 0 Å². The predicted molar refractivity (Wildman–Crippen MR) is 90.7 cm³/mol. The second-order valence-corrected chi connectivity index (χ2v) is 5.64. The van der Waals surface area contributed by atoms with Crippen LogP contribution in [-0.4, -0.2) is 13.1 Å². The molecule has 110 valence electrons. The van der Waals surface area contributed by atoms with Gasteiger partial charge in [-0.1, -0.05) is 53.5 Å². The van der Waals surface area contributed by atoms with Gasteiger partial charge in [0.25, 0.3) is 0 Å². The first kappa shape index (κ1) is 14.9. The normalized spacial score (nSPS) is 10.7. The number of halogens is 2. The van der Waals surface area contributed by atoms with Crippen LogP contribution in [0.25, 0.3) is 21.9 Å². The van der Waals surface area contributed by atoms with Crippen molar-refractivity contribution < 1.29 is 9.53 Å². The number of hydrogen-bond acceptors (Lipinski definition) is 2. The van der Waals surface area contributed by atoms with Crippen LogP contribution < -0.4 is 0 Å². The van der Waals surface area contributed by atoms with Crippen LogP contribution in [0, 0.1) is 0 Å². The second-order valence-electron chi connectivity index (χ2n) is 4.83. The molecular weight excluding hydrogens is 319 g/mol. The molecule has 0 heterocycles. The molecule has 0 fully saturated rings. The van der Waals surface area contributed by atoms with Gasteiger partial charge < -0.3 is 4.74 Å². The Bertz CT molecular complexity index is 858. The summed E-state index contributed by atoms with van der Waals surface area (Å²) in [6.07, 6.45) is 0. The third-order valence-electron chi connectivity index (χ3n) is 3.54. The van der Waals surface area contributed by atoms with Crippen LogP contribution in [-0.2, 0) is 4.74 Å². The highest BCUT2D eigenvalue weighted by molar-refractivity contribution is 6.40. The molecule has 0 aromatic heterocycles. The van der Waals surface area contributed by atoms with Crippen molar-refractivity contribution in [3.63, 3.8) is 0 Å². The van der Waals surface area contributed by atoms with Crippen molar-refractivity contribution in [2.45, 2.75) is 0 Å². The average molecular weight is 331 g/mol. The van der Waals surface area contributed by atoms with Crippen LogP contribution in [0.1, 0.15) is 10.4 Å². The number of ether oxygens (including phenoxy) is 1. The van der Waals surface area contributed by atoms with Crippen molar-refractivity contribution in [3.05, 3.63) is 70.2 Å². The first-order valence-corrected chi connectivity index (χ1v) is 7.43. The zero-order valence-electron chi connectivity index (χ0n) is 11.8. The van der Waals surface area contributed by atoms with Crippen LogP contribution in [0.15, 0.2) is 54.6 Å². The van der Waals surface area contributed by atoms with Gasteiger partial charge in [-0.3, -0.25) is 0 Å². The molecule has 3 rings (SSSR count). The molecule has 0 spiro atoms. The lowest BCUT2D eigenvalue weighted by atomic mass is 9.95. The summed E-state index contributed by atoms with van der Waals surface area (Å²) in [7, 11) is 1.36. The summed E-state index contributed by atoms with van der Waals surface area (Å²) >= 11 is 12.5. The fourth-order valence-corrected chi connectivity index (χ4v) is 2.89. The molecule has 0 amide bonds. The highest BCUT2D eigenvalue weighted by Gasteiger charge is 2.17. The van der Waals surface area contributed by atoms with Crippen LogP contribution in [0.4, 0.5) is 0 Å². The van der Waals surface area contributed by atoms with Gasteiger partial charge in [0.1, 0.15) is 0 Å². The van der Waals surface area contributed by atoms with E-state index in [-0.39, 0.29) is 0 Å². The molecule has 0 atom stereocenters. The minimum absolute atomic E-state index is 0.406. The number of rotatable bonds is 2. The lowest BCUT2D eigenvalue weighted by Crippen LogP contribution is -2.04. The van der Waals surface area contributed by atoms with Crippen molar-refractivity contribution in [3.8, 4) is 11.1 Å². The Morgan fingerprint density at radius 2 is 1.50 bits per heavy atom. The molecule has 0 saturated heterocycles. The molecular formula is C18H12Cl2O2. The lowest BCUT2D eigenvalue weighted by molar-refractivity contribution is 0.0602. The van der Waals surface area contributed by atoms with Crippen molar-refractivity contribution in [2.75, 3.05) is 7.11 Å². The zero-order valence-corrected chi connectivity index (χ0v) is 13.3. The van der Waals surface area contributed by atoms with Gasteiger partial charge in [0, 0.05) is 20.8 Å². The maximum absolute atomic E-state index is 12.1. The van der Waals surface area contributed by atoms with Gasteiger partial charge in [0.15, 0.2) is 0 Å². The van der Waals surface area contributed by atoms with Gasteiger partial charge in [0.2, 0.25) is 0 Å². The smallest absolute Gasteiger partial charge is 0.338 e. The number of methoxy groups -OCH3 is 1. The van der Waals surface area contributed by atoms with E-state index in [1.165, 1.54) is 7.11 Å². The SMILES string of the molecule is COC(=O)c1cc2c(Cl)ccc(Cl)c2cc1-c1ccccc1. The lowest BCUT2D eigenvalue weighted by Gasteiger charge is -2.12. The molecule has 0 aliphatic heterocycles. The van der Waals surface area contributed by atoms with E-state index < -0.39 is 5.97 Å². The van der Waals surface area contributed by atoms with Gasteiger partial charge in [-0.2, -0.15) is 0 Å². The molecule has 3 aromatic carbocycles. The molecule has 0 saturated carbocycles. The standard InChI is InChI=1S/C18H12Cl2O2/c1-22-18(21)15-10-14-13(16(19)7-8-17(14)20)9-12(15)11-5-3-2-4-6-11/h2-10H,1H3. The average Bonchev–Trinajstić information content (AvgIpc) is 2.57. The van der Waals surface area contributed by atoms with E-state index in [2.05, 4.69) is 0 Å². The van der Waals surface area contributed by atoms with E-state index in [1.807, 2.05) is 36.4 Å². The van der Waals surface area contributed by atoms with Crippen LogP contribution in [0.5, 0.6) is 0 Å². The first-order valence-electron chi connectivity index (χ1n) is 6.67. The Morgan fingerprint density at radius 3 is 2.09 bits per heavy atom. The summed E-state index contributed by atoms with van der Waals surface area (Å²) in [4.78, 5) is 12.1. The van der Waals surface area contributed by atoms with E-state index in [0.717, 1.165) is 21.9 Å². The van der Waals surface area contributed by atoms with Crippen molar-refractivity contribution in [1.29, 1.82) is 0 Å². The van der Waals surface area contributed by atoms with Crippen molar-refractivity contribution in [1.82, 2.24) is 0 Å². The molecule has 0 bridgehead atoms. The fourth-order valence-electron chi connectivity index (χ4n) is 2.46. The molecule has 0 unspecified atom stereocenters. The van der Waals surface area contributed by atoms with Gasteiger partial charge in [-0.25, -0.2) is 4.79 Å². The van der Waals surface area contributed by atoms with Crippen molar-refractivity contribution in [2.24, 2.45) is 0 Å². The summed E-state index contributed by atoms with van der Waals surface area (Å²) in [6.45, 7) is 0. The van der Waals surface area contributed by atoms with E-state index in [1.54, 1.807) is 18.2 Å². The molecule has 0 N–H and O–H groups in total. The number of benzene rings is 3. The largest absolute Gasteiger partial charge is 0.465 e. The fraction of sp³-hybridized carbons (Fsp3) is 0.0556. The number of carbonyl (C=O) groups excluding carboxylic acids is 1. The Kier molecular flexibility index (Phi) is 4.06. The Hall–Kier alpha value is -2.03. The van der Waals surface area contributed by atoms with Crippen LogP contribution >= 0.6 is 23.2 Å². The third-order valence-corrected chi connectivity index (χ3v) is 4.20. The molecule has 0 aliphatic rings. The van der Waals surface area contributed by atoms with Crippen molar-refractivity contribution >= 4 is 39.9 Å². The minimum Gasteiger partial charge on any atom is -0.465 e. The van der Waals surface area contributed by atoms with E-state index in [9.17, 15) is 4.79 Å². The summed E-state index contributed by atoms with van der Waals surface area (Å²) in [5.74, 6) is -0.406. The van der Waals surface area contributed by atoms with Gasteiger partial charge >= 0.3 is 5.97 Å². The number of fused-ring (bicyclic) bond motifs is 1. The van der Waals surface area contributed by atoms with Crippen LogP contribution in [0.2, 0.25) is 10.0 Å². The first-order chi connectivity index (χ1) is 10.6. The topological polar surface area (TPSA) is 26.3 Å². The Labute approximate surface area is 138 Å². The molecule has 0 radical (unpaired) electrons. The van der Waals surface area contributed by atoms with Gasteiger partial charge in [-0.05, 0) is 35.4 Å². The highest BCUT2D eigenvalue weighted by atomic mass is 35.5. The maximum atomic E-state index is 12.1. The summed E-state index contributed by atoms with van der Waals surface area (Å²) < 4.78 is 4.90. The second kappa shape index (κ2) is 5.99. The summed E-state index contributed by atoms with van der Waals surface area (Å²) in [5, 5.41) is 2.67. The Balaban J connectivity index is 2.38. The molecule has 0 aliphatic carbocycles. The maximum Gasteiger partial charge on any atom is 0.338 e. The number of carbonyl (C=O) groups is 1. The zero-order chi connectivity index (χ0) is 15.7. The van der Waals surface area contributed by atoms with E-state index in [0.29, 0.717) is 15.6 Å². The van der Waals surface area contributed by atoms with E-state index in [4.69, 9.17) is 27.9 Å². The quantitative estimate of drug-likeness (QED) is 0.571. The molecule has 3 aromatic rings. The van der Waals surface area contributed by atoms with Gasteiger partial charge in [0.05, 0.1) is 12.7 Å². The highest BCUT2D eigenvalue weighted by Crippen LogP contribution is 2.36. The molecule has 22 heavy (non-hydrogen) atoms. The molecule has 4 heteroatoms. The third kappa shape index (κ3) is 2.56. The Morgan fingerprint density at radius 1 is 0.909 bits per heavy atom. The molecule has 2 nitrogen and oxygen atoms in total. The predicted octanol–water partition coefficient (Wildman–Crippen LogP) is 5.60. The summed E-state index contributed by atoms with van der Waals surface area (Å²) in [5.41, 5.74) is 2.15. The summed E-state index contributed by atoms with van der Waals surface area (Å²) in [6, 6.07) is 16.7. The monoisotopic (exact) mass is 330 g/mol. The van der Waals surface area contributed by atoms with Gasteiger partial charge in [-0.15, -0.1) is 0 Å². The minimum atomic E-state index is -0.406. The van der Waals surface area contributed by atoms with Crippen LogP contribution in [0.3, 0.4) is 0 Å². The number of esters is 1.